The Balaban J connectivity index is 1.20. The first-order chi connectivity index (χ1) is 23.9. The Labute approximate surface area is 286 Å². The summed E-state index contributed by atoms with van der Waals surface area (Å²) in [6.45, 7) is 2.68. The molecule has 0 unspecified atom stereocenters. The maximum atomic E-state index is 13.9. The van der Waals surface area contributed by atoms with E-state index in [1.807, 2.05) is 48.5 Å². The van der Waals surface area contributed by atoms with E-state index in [0.29, 0.717) is 50.6 Å². The summed E-state index contributed by atoms with van der Waals surface area (Å²) in [7, 11) is 4.55. The van der Waals surface area contributed by atoms with Gasteiger partial charge >= 0.3 is 0 Å². The lowest BCUT2D eigenvalue weighted by molar-refractivity contribution is -0.0856. The van der Waals surface area contributed by atoms with E-state index in [1.165, 1.54) is 13.2 Å². The van der Waals surface area contributed by atoms with E-state index in [-0.39, 0.29) is 43.7 Å². The first-order valence-corrected chi connectivity index (χ1v) is 16.4. The average Bonchev–Trinajstić information content (AvgIpc) is 3.11. The smallest absolute Gasteiger partial charge is 0.168 e. The topological polar surface area (TPSA) is 96.9 Å². The van der Waals surface area contributed by atoms with E-state index in [9.17, 15) is 13.9 Å². The van der Waals surface area contributed by atoms with Crippen molar-refractivity contribution < 1.29 is 47.0 Å². The maximum absolute atomic E-state index is 13.9. The summed E-state index contributed by atoms with van der Waals surface area (Å²) in [5.41, 5.74) is 2.34. The van der Waals surface area contributed by atoms with Crippen LogP contribution in [0.4, 0.5) is 8.78 Å². The van der Waals surface area contributed by atoms with Crippen LogP contribution in [0.1, 0.15) is 29.0 Å². The minimum Gasteiger partial charge on any atom is -0.496 e. The summed E-state index contributed by atoms with van der Waals surface area (Å²) in [6, 6.07) is 22.1. The van der Waals surface area contributed by atoms with Gasteiger partial charge in [0.2, 0.25) is 0 Å². The van der Waals surface area contributed by atoms with Gasteiger partial charge in [-0.2, -0.15) is 0 Å². The Morgan fingerprint density at radius 2 is 1.61 bits per heavy atom. The van der Waals surface area contributed by atoms with E-state index in [1.54, 1.807) is 14.2 Å². The molecule has 0 radical (unpaired) electrons. The van der Waals surface area contributed by atoms with Crippen LogP contribution < -0.4 is 19.5 Å². The highest BCUT2D eigenvalue weighted by molar-refractivity contribution is 5.89. The third kappa shape index (κ3) is 9.87. The van der Waals surface area contributed by atoms with Crippen LogP contribution in [-0.2, 0) is 32.2 Å². The zero-order chi connectivity index (χ0) is 34.6. The second-order valence-corrected chi connectivity index (χ2v) is 11.9. The molecule has 5 rings (SSSR count). The van der Waals surface area contributed by atoms with Crippen LogP contribution in [0.5, 0.6) is 17.2 Å². The summed E-state index contributed by atoms with van der Waals surface area (Å²) in [5.74, 6) is -0.0918. The monoisotopic (exact) mass is 681 g/mol. The van der Waals surface area contributed by atoms with E-state index in [0.717, 1.165) is 33.7 Å². The third-order valence-corrected chi connectivity index (χ3v) is 8.44. The summed E-state index contributed by atoms with van der Waals surface area (Å²) in [5, 5.41) is 15.9. The van der Waals surface area contributed by atoms with Gasteiger partial charge in [0.15, 0.2) is 11.6 Å². The highest BCUT2D eigenvalue weighted by Gasteiger charge is 2.36. The highest BCUT2D eigenvalue weighted by Crippen LogP contribution is 2.33. The van der Waals surface area contributed by atoms with Gasteiger partial charge in [-0.05, 0) is 46.8 Å². The van der Waals surface area contributed by atoms with Crippen molar-refractivity contribution in [2.75, 3.05) is 60.8 Å². The molecule has 4 atom stereocenters. The van der Waals surface area contributed by atoms with Crippen LogP contribution in [0.2, 0.25) is 0 Å². The molecular formula is C38H45F2NO8. The number of rotatable bonds is 18. The molecule has 11 heteroatoms. The van der Waals surface area contributed by atoms with Crippen molar-refractivity contribution in [2.24, 2.45) is 0 Å². The van der Waals surface area contributed by atoms with Crippen LogP contribution in [0.15, 0.2) is 72.8 Å². The average molecular weight is 682 g/mol. The number of fused-ring (bicyclic) bond motifs is 1. The lowest BCUT2D eigenvalue weighted by atomic mass is 9.85. The van der Waals surface area contributed by atoms with Gasteiger partial charge in [-0.15, -0.1) is 0 Å². The highest BCUT2D eigenvalue weighted by atomic mass is 19.1. The molecule has 1 aliphatic rings. The standard InChI is InChI=1S/C38H45F2NO8/c1-43-23-30(42)24-49-36-20-41-19-35(48-21-25-15-27-7-4-5-8-32(27)34(16-25)44-2)37(36)26-9-11-31(12-10-26)47-14-6-13-46-22-28-17-29(39)18-33(40)38(28)45-3/h4-5,7-12,15-18,30,35-37,41-42H,6,13-14,19-24H2,1-3H3/t30-,35+,36-,37-/m1/s1. The molecule has 0 saturated carbocycles. The molecule has 0 aliphatic carbocycles. The van der Waals surface area contributed by atoms with Crippen molar-refractivity contribution in [3.8, 4) is 17.2 Å². The van der Waals surface area contributed by atoms with Crippen LogP contribution in [0.25, 0.3) is 10.8 Å². The van der Waals surface area contributed by atoms with Crippen molar-refractivity contribution in [3.05, 3.63) is 101 Å². The van der Waals surface area contributed by atoms with Crippen molar-refractivity contribution in [1.29, 1.82) is 0 Å². The fourth-order valence-corrected chi connectivity index (χ4v) is 6.15. The summed E-state index contributed by atoms with van der Waals surface area (Å²) in [4.78, 5) is 0. The maximum Gasteiger partial charge on any atom is 0.168 e. The van der Waals surface area contributed by atoms with Gasteiger partial charge in [-0.3, -0.25) is 0 Å². The molecule has 1 heterocycles. The zero-order valence-electron chi connectivity index (χ0n) is 28.2. The molecule has 0 aromatic heterocycles. The number of piperidine rings is 1. The lowest BCUT2D eigenvalue weighted by Crippen LogP contribution is -2.51. The van der Waals surface area contributed by atoms with Gasteiger partial charge in [0, 0.05) is 49.6 Å². The molecule has 0 spiro atoms. The predicted molar refractivity (Wildman–Crippen MR) is 181 cm³/mol. The minimum absolute atomic E-state index is 0.0200. The van der Waals surface area contributed by atoms with Crippen molar-refractivity contribution in [1.82, 2.24) is 5.32 Å². The number of benzene rings is 4. The van der Waals surface area contributed by atoms with Gasteiger partial charge in [0.1, 0.15) is 23.4 Å². The molecule has 264 valence electrons. The molecule has 4 aromatic carbocycles. The van der Waals surface area contributed by atoms with Crippen LogP contribution in [0, 0.1) is 11.6 Å². The number of methoxy groups -OCH3 is 3. The quantitative estimate of drug-likeness (QED) is 0.127. The Bertz CT molecular complexity index is 1620. The number of hydrogen-bond acceptors (Lipinski definition) is 9. The Hall–Kier alpha value is -3.84. The summed E-state index contributed by atoms with van der Waals surface area (Å²) in [6.07, 6.45) is -0.644. The van der Waals surface area contributed by atoms with Gasteiger partial charge < -0.3 is 43.6 Å². The number of aliphatic hydroxyl groups is 1. The zero-order valence-corrected chi connectivity index (χ0v) is 28.2. The number of ether oxygens (including phenoxy) is 7. The predicted octanol–water partition coefficient (Wildman–Crippen LogP) is 5.79. The molecule has 1 saturated heterocycles. The molecule has 0 amide bonds. The largest absolute Gasteiger partial charge is 0.496 e. The van der Waals surface area contributed by atoms with Crippen molar-refractivity contribution >= 4 is 10.8 Å². The summed E-state index contributed by atoms with van der Waals surface area (Å²) < 4.78 is 67.7. The number of nitrogens with one attached hydrogen (secondary N) is 1. The molecule has 0 bridgehead atoms. The molecule has 1 aliphatic heterocycles. The van der Waals surface area contributed by atoms with E-state index in [4.69, 9.17) is 33.2 Å². The van der Waals surface area contributed by atoms with Crippen LogP contribution in [-0.4, -0.2) is 84.3 Å². The second kappa shape index (κ2) is 18.2. The molecule has 9 nitrogen and oxygen atoms in total. The lowest BCUT2D eigenvalue weighted by Gasteiger charge is -2.39. The summed E-state index contributed by atoms with van der Waals surface area (Å²) >= 11 is 0. The van der Waals surface area contributed by atoms with Gasteiger partial charge in [-0.1, -0.05) is 36.4 Å². The first kappa shape index (κ1) is 36.4. The minimum atomic E-state index is -0.762. The first-order valence-electron chi connectivity index (χ1n) is 16.4. The molecular weight excluding hydrogens is 636 g/mol. The SMILES string of the molecule is COC[C@@H](O)CO[C@@H]1CNC[C@H](OCc2cc(OC)c3ccccc3c2)[C@H]1c1ccc(OCCCOCc2cc(F)cc(F)c2OC)cc1. The number of aliphatic hydroxyl groups excluding tert-OH is 1. The normalized spacial score (nSPS) is 18.4. The fraction of sp³-hybridized carbons (Fsp3) is 0.421. The molecule has 2 N–H and O–H groups in total. The Morgan fingerprint density at radius 3 is 2.37 bits per heavy atom. The Kier molecular flexibility index (Phi) is 13.6. The van der Waals surface area contributed by atoms with Crippen LogP contribution in [0.3, 0.4) is 0 Å². The number of hydrogen-bond donors (Lipinski definition) is 2. The van der Waals surface area contributed by atoms with Gasteiger partial charge in [0.05, 0.1) is 66.1 Å². The fourth-order valence-electron chi connectivity index (χ4n) is 6.15. The van der Waals surface area contributed by atoms with E-state index >= 15 is 0 Å². The van der Waals surface area contributed by atoms with Gasteiger partial charge in [0.25, 0.3) is 0 Å². The molecule has 4 aromatic rings. The van der Waals surface area contributed by atoms with Crippen LogP contribution >= 0.6 is 0 Å². The van der Waals surface area contributed by atoms with Crippen molar-refractivity contribution in [3.63, 3.8) is 0 Å². The van der Waals surface area contributed by atoms with E-state index in [2.05, 4.69) is 17.4 Å². The van der Waals surface area contributed by atoms with Crippen molar-refractivity contribution in [2.45, 2.75) is 43.9 Å². The Morgan fingerprint density at radius 1 is 0.837 bits per heavy atom. The second-order valence-electron chi connectivity index (χ2n) is 11.9. The van der Waals surface area contributed by atoms with E-state index < -0.39 is 17.7 Å². The number of halogens is 2. The van der Waals surface area contributed by atoms with Gasteiger partial charge in [-0.25, -0.2) is 8.78 Å². The third-order valence-electron chi connectivity index (χ3n) is 8.44. The molecule has 1 fully saturated rings. The molecule has 49 heavy (non-hydrogen) atoms.